The molecule has 0 fully saturated rings. The van der Waals surface area contributed by atoms with Crippen LogP contribution >= 0.6 is 0 Å². The Labute approximate surface area is 162 Å². The molecule has 0 aromatic heterocycles. The maximum absolute atomic E-state index is 12.3. The number of ether oxygens (including phenoxy) is 3. The van der Waals surface area contributed by atoms with Crippen molar-refractivity contribution in [3.05, 3.63) is 53.6 Å². The molecule has 0 atom stereocenters. The Hall–Kier alpha value is -3.55. The van der Waals surface area contributed by atoms with Gasteiger partial charge >= 0.3 is 0 Å². The first kappa shape index (κ1) is 19.2. The highest BCUT2D eigenvalue weighted by molar-refractivity contribution is 6.01. The fraction of sp³-hybridized carbons (Fsp3) is 0.250. The lowest BCUT2D eigenvalue weighted by molar-refractivity contribution is -0.130. The van der Waals surface area contributed by atoms with Crippen LogP contribution in [0.15, 0.2) is 47.6 Å². The van der Waals surface area contributed by atoms with E-state index in [2.05, 4.69) is 10.5 Å². The molecule has 0 radical (unpaired) electrons. The second-order valence-electron chi connectivity index (χ2n) is 6.31. The van der Waals surface area contributed by atoms with Crippen molar-refractivity contribution in [1.82, 2.24) is 10.3 Å². The van der Waals surface area contributed by atoms with Gasteiger partial charge in [0.15, 0.2) is 18.1 Å². The van der Waals surface area contributed by atoms with Crippen LogP contribution in [0.25, 0.3) is 0 Å². The zero-order chi connectivity index (χ0) is 20.1. The van der Waals surface area contributed by atoms with E-state index in [1.165, 1.54) is 4.90 Å². The van der Waals surface area contributed by atoms with Gasteiger partial charge in [0, 0.05) is 19.7 Å². The summed E-state index contributed by atoms with van der Waals surface area (Å²) in [5, 5.41) is 4.13. The molecule has 2 aromatic rings. The summed E-state index contributed by atoms with van der Waals surface area (Å²) in [4.78, 5) is 25.3. The quantitative estimate of drug-likeness (QED) is 0.609. The number of nitrogens with zero attached hydrogens (tertiary/aromatic N) is 2. The number of hydrogen-bond donors (Lipinski definition) is 1. The van der Waals surface area contributed by atoms with E-state index in [1.807, 2.05) is 0 Å². The fourth-order valence-corrected chi connectivity index (χ4v) is 2.37. The van der Waals surface area contributed by atoms with Crippen LogP contribution in [0.4, 0.5) is 0 Å². The van der Waals surface area contributed by atoms with E-state index in [4.69, 9.17) is 14.2 Å². The van der Waals surface area contributed by atoms with Gasteiger partial charge < -0.3 is 19.1 Å². The first-order valence-corrected chi connectivity index (χ1v) is 8.61. The molecule has 1 aliphatic heterocycles. The van der Waals surface area contributed by atoms with E-state index in [9.17, 15) is 9.59 Å². The Bertz CT molecular complexity index is 907. The van der Waals surface area contributed by atoms with Crippen LogP contribution in [0.2, 0.25) is 0 Å². The molecule has 1 N–H and O–H groups in total. The zero-order valence-corrected chi connectivity index (χ0v) is 15.9. The molecule has 0 saturated heterocycles. The molecule has 28 heavy (non-hydrogen) atoms. The fourth-order valence-electron chi connectivity index (χ4n) is 2.37. The number of nitrogens with one attached hydrogen (secondary N) is 1. The number of likely N-dealkylation sites (N-methyl/N-ethyl adjacent to an activating group) is 1. The summed E-state index contributed by atoms with van der Waals surface area (Å²) in [6.45, 7) is 1.91. The summed E-state index contributed by atoms with van der Waals surface area (Å²) < 4.78 is 15.9. The molecule has 0 unspecified atom stereocenters. The number of fused-ring (bicyclic) bond motifs is 1. The average Bonchev–Trinajstić information content (AvgIpc) is 3.18. The highest BCUT2D eigenvalue weighted by Crippen LogP contribution is 2.32. The third kappa shape index (κ3) is 4.59. The Morgan fingerprint density at radius 1 is 1.07 bits per heavy atom. The summed E-state index contributed by atoms with van der Waals surface area (Å²) in [6, 6.07) is 12.1. The first-order chi connectivity index (χ1) is 13.4. The normalized spacial score (nSPS) is 12.5. The molecule has 146 valence electrons. The van der Waals surface area contributed by atoms with Gasteiger partial charge in [-0.05, 0) is 55.0 Å². The lowest BCUT2D eigenvalue weighted by Gasteiger charge is -2.11. The van der Waals surface area contributed by atoms with Gasteiger partial charge in [0.2, 0.25) is 6.79 Å². The lowest BCUT2D eigenvalue weighted by atomic mass is 10.1. The van der Waals surface area contributed by atoms with Crippen molar-refractivity contribution < 1.29 is 23.8 Å². The van der Waals surface area contributed by atoms with Gasteiger partial charge in [0.25, 0.3) is 11.8 Å². The number of hydrazone groups is 1. The second-order valence-corrected chi connectivity index (χ2v) is 6.31. The maximum Gasteiger partial charge on any atom is 0.271 e. The van der Waals surface area contributed by atoms with Crippen molar-refractivity contribution in [1.29, 1.82) is 0 Å². The SMILES string of the molecule is C/C(=N/NC(=O)c1ccc2c(c1)OCO2)c1ccc(OCC(=O)N(C)C)cc1. The van der Waals surface area contributed by atoms with E-state index in [1.54, 1.807) is 63.5 Å². The van der Waals surface area contributed by atoms with Gasteiger partial charge in [-0.1, -0.05) is 0 Å². The number of carbonyl (C=O) groups excluding carboxylic acids is 2. The lowest BCUT2D eigenvalue weighted by Crippen LogP contribution is -2.27. The average molecular weight is 383 g/mol. The third-order valence-electron chi connectivity index (χ3n) is 4.09. The van der Waals surface area contributed by atoms with Gasteiger partial charge in [0.05, 0.1) is 5.71 Å². The first-order valence-electron chi connectivity index (χ1n) is 8.61. The van der Waals surface area contributed by atoms with E-state index < -0.39 is 0 Å². The predicted octanol–water partition coefficient (Wildman–Crippen LogP) is 2.04. The molecule has 2 amide bonds. The highest BCUT2D eigenvalue weighted by Gasteiger charge is 2.16. The van der Waals surface area contributed by atoms with Crippen molar-refractivity contribution in [3.8, 4) is 17.2 Å². The van der Waals surface area contributed by atoms with Crippen molar-refractivity contribution >= 4 is 17.5 Å². The van der Waals surface area contributed by atoms with Gasteiger partial charge in [-0.25, -0.2) is 5.43 Å². The van der Waals surface area contributed by atoms with Gasteiger partial charge in [0.1, 0.15) is 5.75 Å². The van der Waals surface area contributed by atoms with Crippen LogP contribution in [0.5, 0.6) is 17.2 Å². The molecule has 1 aliphatic rings. The van der Waals surface area contributed by atoms with Gasteiger partial charge in [-0.15, -0.1) is 0 Å². The Balaban J connectivity index is 1.58. The van der Waals surface area contributed by atoms with Crippen LogP contribution in [0.3, 0.4) is 0 Å². The van der Waals surface area contributed by atoms with Crippen LogP contribution in [-0.4, -0.2) is 49.9 Å². The second kappa shape index (κ2) is 8.43. The molecule has 8 heteroatoms. The molecule has 2 aromatic carbocycles. The molecule has 3 rings (SSSR count). The number of benzene rings is 2. The Kier molecular flexibility index (Phi) is 5.78. The highest BCUT2D eigenvalue weighted by atomic mass is 16.7. The number of amides is 2. The van der Waals surface area contributed by atoms with Crippen LogP contribution in [-0.2, 0) is 4.79 Å². The Morgan fingerprint density at radius 2 is 1.75 bits per heavy atom. The monoisotopic (exact) mass is 383 g/mol. The van der Waals surface area contributed by atoms with Crippen LogP contribution in [0.1, 0.15) is 22.8 Å². The number of rotatable bonds is 6. The van der Waals surface area contributed by atoms with E-state index >= 15 is 0 Å². The third-order valence-corrected chi connectivity index (χ3v) is 4.09. The molecule has 1 heterocycles. The zero-order valence-electron chi connectivity index (χ0n) is 15.9. The summed E-state index contributed by atoms with van der Waals surface area (Å²) in [5.41, 5.74) is 4.40. The molecule has 0 spiro atoms. The van der Waals surface area contributed by atoms with E-state index in [-0.39, 0.29) is 25.2 Å². The molecule has 8 nitrogen and oxygen atoms in total. The Morgan fingerprint density at radius 3 is 2.46 bits per heavy atom. The summed E-state index contributed by atoms with van der Waals surface area (Å²) in [6.07, 6.45) is 0. The van der Waals surface area contributed by atoms with Crippen LogP contribution < -0.4 is 19.6 Å². The molecule has 0 saturated carbocycles. The predicted molar refractivity (Wildman–Crippen MR) is 103 cm³/mol. The van der Waals surface area contributed by atoms with E-state index in [0.717, 1.165) is 5.56 Å². The standard InChI is InChI=1S/C20H21N3O5/c1-13(14-4-7-16(8-5-14)26-11-19(24)23(2)3)21-22-20(25)15-6-9-17-18(10-15)28-12-27-17/h4-10H,11-12H2,1-3H3,(H,22,25)/b21-13-. The van der Waals surface area contributed by atoms with Crippen LogP contribution in [0, 0.1) is 0 Å². The minimum Gasteiger partial charge on any atom is -0.484 e. The topological polar surface area (TPSA) is 89.5 Å². The summed E-state index contributed by atoms with van der Waals surface area (Å²) >= 11 is 0. The largest absolute Gasteiger partial charge is 0.484 e. The van der Waals surface area contributed by atoms with Gasteiger partial charge in [-0.3, -0.25) is 9.59 Å². The minimum atomic E-state index is -0.347. The molecule has 0 bridgehead atoms. The molecule has 0 aliphatic carbocycles. The van der Waals surface area contributed by atoms with Crippen molar-refractivity contribution in [3.63, 3.8) is 0 Å². The summed E-state index contributed by atoms with van der Waals surface area (Å²) in [7, 11) is 3.35. The smallest absolute Gasteiger partial charge is 0.271 e. The van der Waals surface area contributed by atoms with Gasteiger partial charge in [-0.2, -0.15) is 5.10 Å². The minimum absolute atomic E-state index is 0.0228. The maximum atomic E-state index is 12.3. The summed E-state index contributed by atoms with van der Waals surface area (Å²) in [5.74, 6) is 1.27. The molecular formula is C20H21N3O5. The number of carbonyl (C=O) groups is 2. The van der Waals surface area contributed by atoms with Crippen molar-refractivity contribution in [2.24, 2.45) is 5.10 Å². The molecular weight excluding hydrogens is 362 g/mol. The van der Waals surface area contributed by atoms with Crippen molar-refractivity contribution in [2.75, 3.05) is 27.5 Å². The van der Waals surface area contributed by atoms with E-state index in [0.29, 0.717) is 28.5 Å². The number of hydrogen-bond acceptors (Lipinski definition) is 6. The van der Waals surface area contributed by atoms with Crippen molar-refractivity contribution in [2.45, 2.75) is 6.92 Å².